The number of para-hydroxylation sites is 2. The highest BCUT2D eigenvalue weighted by Gasteiger charge is 2.25. The number of hydrogen-bond acceptors (Lipinski definition) is 3. The van der Waals surface area contributed by atoms with Gasteiger partial charge in [0, 0.05) is 27.8 Å². The predicted molar refractivity (Wildman–Crippen MR) is 114 cm³/mol. The number of benzene rings is 2. The molecule has 0 fully saturated rings. The summed E-state index contributed by atoms with van der Waals surface area (Å²) in [5.74, 6) is -0.113. The van der Waals surface area contributed by atoms with Crippen LogP contribution in [-0.2, 0) is 11.2 Å². The molecule has 1 heterocycles. The number of aromatic nitrogens is 1. The number of H-pyrrole nitrogens is 1. The molecule has 2 N–H and O–H groups in total. The molecule has 0 spiro atoms. The van der Waals surface area contributed by atoms with Crippen molar-refractivity contribution < 1.29 is 9.59 Å². The van der Waals surface area contributed by atoms with Crippen molar-refractivity contribution in [2.45, 2.75) is 33.2 Å². The minimum Gasteiger partial charge on any atom is -0.358 e. The van der Waals surface area contributed by atoms with Gasteiger partial charge in [0.05, 0.1) is 12.6 Å². The first-order valence-electron chi connectivity index (χ1n) is 9.61. The van der Waals surface area contributed by atoms with E-state index in [-0.39, 0.29) is 18.2 Å². The topological polar surface area (TPSA) is 65.2 Å². The number of rotatable bonds is 7. The Labute approximate surface area is 165 Å². The lowest BCUT2D eigenvalue weighted by Gasteiger charge is -2.23. The van der Waals surface area contributed by atoms with Crippen molar-refractivity contribution in [3.8, 4) is 0 Å². The zero-order chi connectivity index (χ0) is 20.3. The first-order chi connectivity index (χ1) is 13.4. The van der Waals surface area contributed by atoms with Gasteiger partial charge >= 0.3 is 0 Å². The zero-order valence-electron chi connectivity index (χ0n) is 16.9. The Balaban J connectivity index is 1.71. The van der Waals surface area contributed by atoms with Gasteiger partial charge in [0.2, 0.25) is 5.91 Å². The van der Waals surface area contributed by atoms with Crippen molar-refractivity contribution in [1.82, 2.24) is 9.88 Å². The molecule has 3 aromatic rings. The van der Waals surface area contributed by atoms with Crippen molar-refractivity contribution in [3.63, 3.8) is 0 Å². The van der Waals surface area contributed by atoms with Crippen LogP contribution in [0.5, 0.6) is 0 Å². The molecule has 0 unspecified atom stereocenters. The normalized spacial score (nSPS) is 12.3. The first kappa shape index (κ1) is 19.8. The molecule has 3 rings (SSSR count). The van der Waals surface area contributed by atoms with E-state index >= 15 is 0 Å². The predicted octanol–water partition coefficient (Wildman–Crippen LogP) is 4.18. The van der Waals surface area contributed by atoms with E-state index in [1.807, 2.05) is 62.4 Å². The van der Waals surface area contributed by atoms with Gasteiger partial charge in [-0.2, -0.15) is 0 Å². The Bertz CT molecular complexity index is 1010. The molecule has 0 saturated heterocycles. The number of carbonyl (C=O) groups is 2. The lowest BCUT2D eigenvalue weighted by Crippen LogP contribution is -2.41. The third kappa shape index (κ3) is 3.99. The number of amides is 1. The largest absolute Gasteiger partial charge is 0.358 e. The number of fused-ring (bicyclic) bond motifs is 1. The third-order valence-electron chi connectivity index (χ3n) is 5.25. The Kier molecular flexibility index (Phi) is 5.95. The highest BCUT2D eigenvalue weighted by atomic mass is 16.2. The number of anilines is 1. The minimum absolute atomic E-state index is 0.0132. The fourth-order valence-corrected chi connectivity index (χ4v) is 3.51. The number of aromatic amines is 1. The maximum absolute atomic E-state index is 13.1. The fourth-order valence-electron chi connectivity index (χ4n) is 3.51. The lowest BCUT2D eigenvalue weighted by atomic mass is 10.0. The lowest BCUT2D eigenvalue weighted by molar-refractivity contribution is -0.117. The number of nitrogens with zero attached hydrogens (tertiary/aromatic N) is 1. The molecule has 28 heavy (non-hydrogen) atoms. The van der Waals surface area contributed by atoms with Gasteiger partial charge in [-0.15, -0.1) is 0 Å². The average molecular weight is 377 g/mol. The van der Waals surface area contributed by atoms with Gasteiger partial charge in [-0.3, -0.25) is 14.5 Å². The molecule has 0 aliphatic rings. The quantitative estimate of drug-likeness (QED) is 0.607. The Morgan fingerprint density at radius 3 is 2.54 bits per heavy atom. The minimum atomic E-state index is -0.412. The molecule has 0 bridgehead atoms. The molecule has 1 aromatic heterocycles. The van der Waals surface area contributed by atoms with Crippen LogP contribution in [0.4, 0.5) is 5.69 Å². The van der Waals surface area contributed by atoms with E-state index in [0.717, 1.165) is 34.3 Å². The molecule has 2 aromatic carbocycles. The summed E-state index contributed by atoms with van der Waals surface area (Å²) in [7, 11) is 1.80. The van der Waals surface area contributed by atoms with Crippen molar-refractivity contribution >= 4 is 28.3 Å². The number of Topliss-reactive ketones (excluding diaryl/α,β-unsaturated/α-hetero) is 1. The molecular formula is C23H27N3O2. The summed E-state index contributed by atoms with van der Waals surface area (Å²) >= 11 is 0. The van der Waals surface area contributed by atoms with Crippen molar-refractivity contribution in [3.05, 3.63) is 65.4 Å². The van der Waals surface area contributed by atoms with E-state index in [9.17, 15) is 9.59 Å². The summed E-state index contributed by atoms with van der Waals surface area (Å²) in [6, 6.07) is 15.2. The van der Waals surface area contributed by atoms with E-state index in [0.29, 0.717) is 5.56 Å². The number of aryl methyl sites for hydroxylation is 2. The molecule has 146 valence electrons. The highest BCUT2D eigenvalue weighted by Crippen LogP contribution is 2.24. The Hall–Kier alpha value is -2.92. The van der Waals surface area contributed by atoms with Crippen molar-refractivity contribution in [2.24, 2.45) is 0 Å². The van der Waals surface area contributed by atoms with Gasteiger partial charge < -0.3 is 10.3 Å². The smallest absolute Gasteiger partial charge is 0.238 e. The van der Waals surface area contributed by atoms with Gasteiger partial charge in [-0.1, -0.05) is 43.3 Å². The van der Waals surface area contributed by atoms with Crippen LogP contribution in [0, 0.1) is 6.92 Å². The second kappa shape index (κ2) is 8.40. The molecule has 5 nitrogen and oxygen atoms in total. The summed E-state index contributed by atoms with van der Waals surface area (Å²) < 4.78 is 0. The van der Waals surface area contributed by atoms with E-state index in [1.165, 1.54) is 0 Å². The molecule has 1 atom stereocenters. The van der Waals surface area contributed by atoms with Crippen molar-refractivity contribution in [2.75, 3.05) is 18.9 Å². The Morgan fingerprint density at radius 2 is 1.79 bits per heavy atom. The molecule has 5 heteroatoms. The molecular weight excluding hydrogens is 350 g/mol. The second-order valence-corrected chi connectivity index (χ2v) is 7.18. The Morgan fingerprint density at radius 1 is 1.11 bits per heavy atom. The maximum atomic E-state index is 13.1. The maximum Gasteiger partial charge on any atom is 0.238 e. The summed E-state index contributed by atoms with van der Waals surface area (Å²) in [5.41, 5.74) is 4.43. The molecule has 1 amide bonds. The van der Waals surface area contributed by atoms with Gasteiger partial charge in [0.1, 0.15) is 0 Å². The fraction of sp³-hybridized carbons (Fsp3) is 0.304. The van der Waals surface area contributed by atoms with Crippen LogP contribution >= 0.6 is 0 Å². The van der Waals surface area contributed by atoms with Crippen LogP contribution in [0.3, 0.4) is 0 Å². The van der Waals surface area contributed by atoms with E-state index < -0.39 is 6.04 Å². The summed E-state index contributed by atoms with van der Waals surface area (Å²) in [5, 5.41) is 3.89. The van der Waals surface area contributed by atoms with Gasteiger partial charge in [0.15, 0.2) is 5.78 Å². The van der Waals surface area contributed by atoms with E-state index in [2.05, 4.69) is 17.2 Å². The SMILES string of the molecule is CCc1ccccc1NC(=O)CN(C)[C@@H](C)C(=O)c1c(C)[nH]c2ccccc12. The molecule has 0 aliphatic heterocycles. The van der Waals surface area contributed by atoms with Crippen LogP contribution < -0.4 is 5.32 Å². The third-order valence-corrected chi connectivity index (χ3v) is 5.25. The molecule has 0 saturated carbocycles. The van der Waals surface area contributed by atoms with Crippen molar-refractivity contribution in [1.29, 1.82) is 0 Å². The van der Waals surface area contributed by atoms with Gasteiger partial charge in [0.25, 0.3) is 0 Å². The van der Waals surface area contributed by atoms with E-state index in [4.69, 9.17) is 0 Å². The van der Waals surface area contributed by atoms with Crippen LogP contribution in [0.25, 0.3) is 10.9 Å². The molecule has 0 radical (unpaired) electrons. The summed E-state index contributed by atoms with van der Waals surface area (Å²) in [6.45, 7) is 5.96. The average Bonchev–Trinajstić information content (AvgIpc) is 3.02. The second-order valence-electron chi connectivity index (χ2n) is 7.18. The standard InChI is InChI=1S/C23H27N3O2/c1-5-17-10-6-8-12-19(17)25-21(27)14-26(4)16(3)23(28)22-15(2)24-20-13-9-7-11-18(20)22/h6-13,16,24H,5,14H2,1-4H3,(H,25,27)/t16-/m0/s1. The summed E-state index contributed by atoms with van der Waals surface area (Å²) in [6.07, 6.45) is 0.848. The monoisotopic (exact) mass is 377 g/mol. The number of likely N-dealkylation sites (N-methyl/N-ethyl adjacent to an activating group) is 1. The molecule has 0 aliphatic carbocycles. The summed E-state index contributed by atoms with van der Waals surface area (Å²) in [4.78, 5) is 30.7. The van der Waals surface area contributed by atoms with Crippen LogP contribution in [-0.4, -0.2) is 41.2 Å². The first-order valence-corrected chi connectivity index (χ1v) is 9.61. The number of ketones is 1. The highest BCUT2D eigenvalue weighted by molar-refractivity contribution is 6.11. The number of nitrogens with one attached hydrogen (secondary N) is 2. The van der Waals surface area contributed by atoms with Crippen LogP contribution in [0.15, 0.2) is 48.5 Å². The van der Waals surface area contributed by atoms with E-state index in [1.54, 1.807) is 11.9 Å². The zero-order valence-corrected chi connectivity index (χ0v) is 16.9. The number of hydrogen-bond donors (Lipinski definition) is 2. The van der Waals surface area contributed by atoms with Crippen LogP contribution in [0.1, 0.15) is 35.5 Å². The van der Waals surface area contributed by atoms with Crippen LogP contribution in [0.2, 0.25) is 0 Å². The van der Waals surface area contributed by atoms with Gasteiger partial charge in [-0.05, 0) is 45.0 Å². The number of carbonyl (C=O) groups excluding carboxylic acids is 2. The van der Waals surface area contributed by atoms with Gasteiger partial charge in [-0.25, -0.2) is 0 Å².